The molecule has 1 rings (SSSR count). The van der Waals surface area contributed by atoms with E-state index in [-0.39, 0.29) is 12.6 Å². The number of aliphatic hydroxyl groups excluding tert-OH is 1. The minimum atomic E-state index is 0.135. The third kappa shape index (κ3) is 3.45. The molecule has 0 saturated carbocycles. The monoisotopic (exact) mass is 237 g/mol. The van der Waals surface area contributed by atoms with Crippen molar-refractivity contribution in [2.45, 2.75) is 32.2 Å². The van der Waals surface area contributed by atoms with Gasteiger partial charge >= 0.3 is 0 Å². The molecule has 0 heterocycles. The molecule has 0 aliphatic heterocycles. The number of nitrogens with one attached hydrogen (secondary N) is 1. The molecule has 0 amide bonds. The summed E-state index contributed by atoms with van der Waals surface area (Å²) in [5.74, 6) is 1.38. The van der Waals surface area contributed by atoms with E-state index >= 15 is 0 Å². The van der Waals surface area contributed by atoms with E-state index in [0.717, 1.165) is 11.3 Å². The normalized spacial score (nSPS) is 12.8. The molecule has 0 radical (unpaired) electrons. The van der Waals surface area contributed by atoms with Gasteiger partial charge in [0.15, 0.2) is 0 Å². The van der Waals surface area contributed by atoms with Crippen molar-refractivity contribution >= 4 is 0 Å². The Hall–Kier alpha value is -1.06. The second-order valence-electron chi connectivity index (χ2n) is 4.51. The van der Waals surface area contributed by atoms with Gasteiger partial charge in [-0.15, -0.1) is 0 Å². The summed E-state index contributed by atoms with van der Waals surface area (Å²) in [4.78, 5) is 0. The topological polar surface area (TPSA) is 41.5 Å². The van der Waals surface area contributed by atoms with E-state index in [1.54, 1.807) is 7.11 Å². The molecule has 1 aromatic rings. The summed E-state index contributed by atoms with van der Waals surface area (Å²) in [6.45, 7) is 4.50. The zero-order valence-corrected chi connectivity index (χ0v) is 11.2. The summed E-state index contributed by atoms with van der Waals surface area (Å²) in [6.07, 6.45) is 0.688. The molecular weight excluding hydrogens is 214 g/mol. The molecule has 3 heteroatoms. The van der Waals surface area contributed by atoms with Gasteiger partial charge in [-0.2, -0.15) is 0 Å². The molecule has 0 fully saturated rings. The van der Waals surface area contributed by atoms with Crippen LogP contribution in [0.25, 0.3) is 0 Å². The van der Waals surface area contributed by atoms with Crippen LogP contribution in [-0.4, -0.2) is 25.9 Å². The molecule has 17 heavy (non-hydrogen) atoms. The molecule has 0 spiro atoms. The summed E-state index contributed by atoms with van der Waals surface area (Å²) >= 11 is 0. The molecular formula is C14H23NO2. The van der Waals surface area contributed by atoms with Crippen LogP contribution in [0.4, 0.5) is 0 Å². The van der Waals surface area contributed by atoms with Gasteiger partial charge in [0.05, 0.1) is 7.11 Å². The first-order chi connectivity index (χ1) is 8.13. The van der Waals surface area contributed by atoms with Gasteiger partial charge in [0, 0.05) is 18.2 Å². The number of aliphatic hydroxyl groups is 1. The second kappa shape index (κ2) is 6.62. The van der Waals surface area contributed by atoms with Gasteiger partial charge in [-0.1, -0.05) is 26.0 Å². The van der Waals surface area contributed by atoms with Gasteiger partial charge in [-0.3, -0.25) is 0 Å². The quantitative estimate of drug-likeness (QED) is 0.798. The first kappa shape index (κ1) is 14.0. The van der Waals surface area contributed by atoms with Crippen molar-refractivity contribution in [3.8, 4) is 5.75 Å². The molecule has 1 unspecified atom stereocenters. The fourth-order valence-corrected chi connectivity index (χ4v) is 1.96. The number of methoxy groups -OCH3 is 1. The van der Waals surface area contributed by atoms with Crippen molar-refractivity contribution in [3.63, 3.8) is 0 Å². The zero-order chi connectivity index (χ0) is 12.8. The number of hydrogen-bond donors (Lipinski definition) is 2. The highest BCUT2D eigenvalue weighted by atomic mass is 16.5. The van der Waals surface area contributed by atoms with Gasteiger partial charge in [0.2, 0.25) is 0 Å². The van der Waals surface area contributed by atoms with Crippen LogP contribution >= 0.6 is 0 Å². The Morgan fingerprint density at radius 2 is 2.06 bits per heavy atom. The molecule has 0 aliphatic carbocycles. The molecule has 0 bridgehead atoms. The molecule has 1 atom stereocenters. The Morgan fingerprint density at radius 1 is 1.35 bits per heavy atom. The summed E-state index contributed by atoms with van der Waals surface area (Å²) in [5.41, 5.74) is 2.37. The predicted molar refractivity (Wildman–Crippen MR) is 70.6 cm³/mol. The van der Waals surface area contributed by atoms with Gasteiger partial charge in [-0.05, 0) is 31.0 Å². The highest BCUT2D eigenvalue weighted by Crippen LogP contribution is 2.30. The van der Waals surface area contributed by atoms with Crippen LogP contribution in [0.2, 0.25) is 0 Å². The summed E-state index contributed by atoms with van der Waals surface area (Å²) in [6, 6.07) is 6.44. The third-order valence-corrected chi connectivity index (χ3v) is 3.07. The Labute approximate surface area is 104 Å². The molecule has 3 nitrogen and oxygen atoms in total. The van der Waals surface area contributed by atoms with Crippen molar-refractivity contribution in [2.75, 3.05) is 20.8 Å². The van der Waals surface area contributed by atoms with E-state index in [9.17, 15) is 0 Å². The maximum absolute atomic E-state index is 9.05. The predicted octanol–water partition coefficient (Wildman–Crippen LogP) is 2.46. The lowest BCUT2D eigenvalue weighted by molar-refractivity contribution is 0.267. The van der Waals surface area contributed by atoms with Crippen molar-refractivity contribution in [2.24, 2.45) is 0 Å². The third-order valence-electron chi connectivity index (χ3n) is 3.07. The van der Waals surface area contributed by atoms with Crippen molar-refractivity contribution in [1.29, 1.82) is 0 Å². The SMILES string of the molecule is CNC(CCO)c1ccc(C(C)C)cc1OC. The molecule has 2 N–H and O–H groups in total. The summed E-state index contributed by atoms with van der Waals surface area (Å²) in [5, 5.41) is 12.3. The largest absolute Gasteiger partial charge is 0.496 e. The van der Waals surface area contributed by atoms with E-state index < -0.39 is 0 Å². The van der Waals surface area contributed by atoms with Gasteiger partial charge in [-0.25, -0.2) is 0 Å². The van der Waals surface area contributed by atoms with Gasteiger partial charge < -0.3 is 15.2 Å². The van der Waals surface area contributed by atoms with Crippen LogP contribution in [0.15, 0.2) is 18.2 Å². The highest BCUT2D eigenvalue weighted by molar-refractivity contribution is 5.40. The maximum Gasteiger partial charge on any atom is 0.123 e. The van der Waals surface area contributed by atoms with Crippen LogP contribution in [0, 0.1) is 0 Å². The number of ether oxygens (including phenoxy) is 1. The molecule has 0 aromatic heterocycles. The van der Waals surface area contributed by atoms with Crippen molar-refractivity contribution in [1.82, 2.24) is 5.32 Å². The first-order valence-electron chi connectivity index (χ1n) is 6.10. The van der Waals surface area contributed by atoms with E-state index in [2.05, 4.69) is 37.4 Å². The Morgan fingerprint density at radius 3 is 2.53 bits per heavy atom. The standard InChI is InChI=1S/C14H23NO2/c1-10(2)11-5-6-12(14(9-11)17-4)13(15-3)7-8-16/h5-6,9-10,13,15-16H,7-8H2,1-4H3. The zero-order valence-electron chi connectivity index (χ0n) is 11.2. The van der Waals surface area contributed by atoms with E-state index in [0.29, 0.717) is 12.3 Å². The average Bonchev–Trinajstić information content (AvgIpc) is 2.35. The number of benzene rings is 1. The van der Waals surface area contributed by atoms with Gasteiger partial charge in [0.25, 0.3) is 0 Å². The van der Waals surface area contributed by atoms with Gasteiger partial charge in [0.1, 0.15) is 5.75 Å². The fourth-order valence-electron chi connectivity index (χ4n) is 1.96. The minimum absolute atomic E-state index is 0.135. The lowest BCUT2D eigenvalue weighted by Crippen LogP contribution is -2.18. The Balaban J connectivity index is 3.06. The fraction of sp³-hybridized carbons (Fsp3) is 0.571. The molecule has 0 aliphatic rings. The Bertz CT molecular complexity index is 350. The van der Waals surface area contributed by atoms with Crippen LogP contribution in [0.1, 0.15) is 43.4 Å². The number of hydrogen-bond acceptors (Lipinski definition) is 3. The lowest BCUT2D eigenvalue weighted by Gasteiger charge is -2.20. The van der Waals surface area contributed by atoms with Crippen LogP contribution in [0.3, 0.4) is 0 Å². The highest BCUT2D eigenvalue weighted by Gasteiger charge is 2.14. The molecule has 0 saturated heterocycles. The summed E-state index contributed by atoms with van der Waals surface area (Å²) < 4.78 is 5.44. The van der Waals surface area contributed by atoms with E-state index in [1.165, 1.54) is 5.56 Å². The van der Waals surface area contributed by atoms with Crippen LogP contribution in [-0.2, 0) is 0 Å². The molecule has 1 aromatic carbocycles. The number of rotatable bonds is 6. The van der Waals surface area contributed by atoms with Crippen LogP contribution in [0.5, 0.6) is 5.75 Å². The second-order valence-corrected chi connectivity index (χ2v) is 4.51. The lowest BCUT2D eigenvalue weighted by atomic mass is 9.97. The van der Waals surface area contributed by atoms with E-state index in [4.69, 9.17) is 9.84 Å². The van der Waals surface area contributed by atoms with Crippen molar-refractivity contribution in [3.05, 3.63) is 29.3 Å². The average molecular weight is 237 g/mol. The van der Waals surface area contributed by atoms with E-state index in [1.807, 2.05) is 7.05 Å². The Kier molecular flexibility index (Phi) is 5.45. The van der Waals surface area contributed by atoms with Crippen molar-refractivity contribution < 1.29 is 9.84 Å². The maximum atomic E-state index is 9.05. The summed E-state index contributed by atoms with van der Waals surface area (Å²) in [7, 11) is 3.59. The first-order valence-corrected chi connectivity index (χ1v) is 6.10. The smallest absolute Gasteiger partial charge is 0.123 e. The minimum Gasteiger partial charge on any atom is -0.496 e. The van der Waals surface area contributed by atoms with Crippen LogP contribution < -0.4 is 10.1 Å². The molecule has 96 valence electrons.